The second kappa shape index (κ2) is 13.5. The Morgan fingerprint density at radius 1 is 1.14 bits per heavy atom. The van der Waals surface area contributed by atoms with E-state index in [4.69, 9.17) is 24.0 Å². The summed E-state index contributed by atoms with van der Waals surface area (Å²) in [5, 5.41) is 2.84. The molecule has 160 valence electrons. The van der Waals surface area contributed by atoms with Crippen LogP contribution in [0.25, 0.3) is 0 Å². The normalized spacial score (nSPS) is 16.2. The fourth-order valence-electron chi connectivity index (χ4n) is 2.97. The van der Waals surface area contributed by atoms with E-state index in [2.05, 4.69) is 53.0 Å². The quantitative estimate of drug-likeness (QED) is 0.205. The van der Waals surface area contributed by atoms with Gasteiger partial charge in [-0.2, -0.15) is 0 Å². The lowest BCUT2D eigenvalue weighted by atomic mass is 10.0. The van der Waals surface area contributed by atoms with E-state index in [1.165, 1.54) is 59.6 Å². The molecular weight excluding hydrogens is 496 g/mol. The maximum absolute atomic E-state index is 11.0. The molecule has 1 aliphatic rings. The average Bonchev–Trinajstić information content (AvgIpc) is 3.01. The summed E-state index contributed by atoms with van der Waals surface area (Å²) >= 11 is 2.46. The average molecular weight is 527 g/mol. The Morgan fingerprint density at radius 3 is 2.36 bits per heavy atom. The van der Waals surface area contributed by atoms with Gasteiger partial charge >= 0.3 is 13.9 Å². The van der Waals surface area contributed by atoms with Crippen LogP contribution >= 0.6 is 30.4 Å². The van der Waals surface area contributed by atoms with Gasteiger partial charge in [0.25, 0.3) is 0 Å². The molecule has 0 spiro atoms. The van der Waals surface area contributed by atoms with Crippen molar-refractivity contribution in [1.29, 1.82) is 0 Å². The standard InChI is InChI=1S/C19H28INO2.H3O4P/c1-2-3-4-5-6-7-8-16-11-9-15(13-18(16)20)10-12-17-14-23-19(22)21-17;1-5(2,3)4/h9,11,13,17H,2-8,10,12,14H2,1H3,(H,21,22);(H3,1,2,3,4)/t17-;/m0./s1. The predicted octanol–water partition coefficient (Wildman–Crippen LogP) is 4.31. The second-order valence-electron chi connectivity index (χ2n) is 6.94. The highest BCUT2D eigenvalue weighted by atomic mass is 127. The first-order valence-electron chi connectivity index (χ1n) is 9.68. The Labute approximate surface area is 180 Å². The molecule has 1 atom stereocenters. The minimum absolute atomic E-state index is 0.169. The number of aryl methyl sites for hydroxylation is 2. The van der Waals surface area contributed by atoms with Crippen LogP contribution in [0, 0.1) is 3.57 Å². The number of phosphoric acid groups is 1. The number of benzene rings is 1. The number of carbonyl (C=O) groups is 1. The highest BCUT2D eigenvalue weighted by Crippen LogP contribution is 2.25. The van der Waals surface area contributed by atoms with Crippen molar-refractivity contribution in [2.45, 2.75) is 70.8 Å². The first-order valence-corrected chi connectivity index (χ1v) is 12.3. The summed E-state index contributed by atoms with van der Waals surface area (Å²) in [4.78, 5) is 32.6. The summed E-state index contributed by atoms with van der Waals surface area (Å²) < 4.78 is 15.2. The third-order valence-corrected chi connectivity index (χ3v) is 5.44. The van der Waals surface area contributed by atoms with Gasteiger partial charge in [-0.1, -0.05) is 51.2 Å². The summed E-state index contributed by atoms with van der Waals surface area (Å²) in [6.45, 7) is 2.77. The second-order valence-corrected chi connectivity index (χ2v) is 9.12. The van der Waals surface area contributed by atoms with Crippen molar-refractivity contribution in [2.75, 3.05) is 6.61 Å². The molecule has 0 saturated carbocycles. The van der Waals surface area contributed by atoms with Gasteiger partial charge in [0.05, 0.1) is 6.04 Å². The summed E-state index contributed by atoms with van der Waals surface area (Å²) in [5.74, 6) is 0. The van der Waals surface area contributed by atoms with Crippen molar-refractivity contribution in [3.63, 3.8) is 0 Å². The number of amides is 1. The van der Waals surface area contributed by atoms with Crippen molar-refractivity contribution < 1.29 is 28.8 Å². The van der Waals surface area contributed by atoms with Crippen molar-refractivity contribution >= 4 is 36.5 Å². The minimum Gasteiger partial charge on any atom is -0.447 e. The number of nitrogens with one attached hydrogen (secondary N) is 1. The number of carbonyl (C=O) groups excluding carboxylic acids is 1. The van der Waals surface area contributed by atoms with E-state index in [9.17, 15) is 4.79 Å². The third-order valence-electron chi connectivity index (χ3n) is 4.44. The van der Waals surface area contributed by atoms with Gasteiger partial charge in [0.1, 0.15) is 6.61 Å². The van der Waals surface area contributed by atoms with Crippen molar-refractivity contribution in [2.24, 2.45) is 0 Å². The third kappa shape index (κ3) is 12.7. The SMILES string of the molecule is CCCCCCCCc1ccc(CC[C@H]2COC(=O)N2)cc1I.O=P(O)(O)O. The molecule has 0 bridgehead atoms. The highest BCUT2D eigenvalue weighted by Gasteiger charge is 2.21. The van der Waals surface area contributed by atoms with Crippen LogP contribution in [0.4, 0.5) is 4.79 Å². The van der Waals surface area contributed by atoms with Crippen LogP contribution in [0.3, 0.4) is 0 Å². The van der Waals surface area contributed by atoms with Gasteiger partial charge in [-0.3, -0.25) is 0 Å². The van der Waals surface area contributed by atoms with Gasteiger partial charge in [0, 0.05) is 3.57 Å². The summed E-state index contributed by atoms with van der Waals surface area (Å²) in [6.07, 6.45) is 10.9. The zero-order chi connectivity index (χ0) is 21.0. The first-order chi connectivity index (χ1) is 13.2. The largest absolute Gasteiger partial charge is 0.466 e. The maximum Gasteiger partial charge on any atom is 0.466 e. The number of hydrogen-bond acceptors (Lipinski definition) is 3. The van der Waals surface area contributed by atoms with Gasteiger partial charge in [-0.25, -0.2) is 9.36 Å². The fraction of sp³-hybridized carbons (Fsp3) is 0.632. The summed E-state index contributed by atoms with van der Waals surface area (Å²) in [5.41, 5.74) is 2.82. The topological polar surface area (TPSA) is 116 Å². The van der Waals surface area contributed by atoms with Crippen molar-refractivity contribution in [3.05, 3.63) is 32.9 Å². The van der Waals surface area contributed by atoms with Crippen LogP contribution < -0.4 is 5.32 Å². The molecule has 1 heterocycles. The first kappa shape index (κ1) is 25.4. The van der Waals surface area contributed by atoms with Crippen LogP contribution in [-0.4, -0.2) is 33.4 Å². The smallest absolute Gasteiger partial charge is 0.447 e. The van der Waals surface area contributed by atoms with E-state index in [0.29, 0.717) is 6.61 Å². The molecule has 1 amide bonds. The predicted molar refractivity (Wildman–Crippen MR) is 117 cm³/mol. The number of hydrogen-bond donors (Lipinski definition) is 4. The molecular formula is C19H31INO6P. The molecule has 28 heavy (non-hydrogen) atoms. The van der Waals surface area contributed by atoms with E-state index in [-0.39, 0.29) is 12.1 Å². The molecule has 7 nitrogen and oxygen atoms in total. The van der Waals surface area contributed by atoms with E-state index >= 15 is 0 Å². The molecule has 1 fully saturated rings. The molecule has 0 unspecified atom stereocenters. The summed E-state index contributed by atoms with van der Waals surface area (Å²) in [6, 6.07) is 6.99. The lowest BCUT2D eigenvalue weighted by Gasteiger charge is -2.10. The molecule has 1 aliphatic heterocycles. The molecule has 0 aromatic heterocycles. The Morgan fingerprint density at radius 2 is 1.79 bits per heavy atom. The van der Waals surface area contributed by atoms with E-state index in [1.807, 2.05) is 0 Å². The Bertz CT molecular complexity index is 643. The number of ether oxygens (including phenoxy) is 1. The van der Waals surface area contributed by atoms with Crippen molar-refractivity contribution in [3.8, 4) is 0 Å². The van der Waals surface area contributed by atoms with Gasteiger partial charge < -0.3 is 24.7 Å². The minimum atomic E-state index is -4.64. The summed E-state index contributed by atoms with van der Waals surface area (Å²) in [7, 11) is -4.64. The van der Waals surface area contributed by atoms with E-state index < -0.39 is 7.82 Å². The van der Waals surface area contributed by atoms with Crippen LogP contribution in [0.1, 0.15) is 63.0 Å². The Hall–Kier alpha value is -0.670. The van der Waals surface area contributed by atoms with Gasteiger partial charge in [0.15, 0.2) is 0 Å². The monoisotopic (exact) mass is 527 g/mol. The molecule has 0 radical (unpaired) electrons. The fourth-order valence-corrected chi connectivity index (χ4v) is 3.82. The molecule has 1 saturated heterocycles. The van der Waals surface area contributed by atoms with Gasteiger partial charge in [-0.05, 0) is 65.5 Å². The molecule has 2 rings (SSSR count). The maximum atomic E-state index is 11.0. The number of unbranched alkanes of at least 4 members (excludes halogenated alkanes) is 5. The Balaban J connectivity index is 0.000000696. The van der Waals surface area contributed by atoms with E-state index in [1.54, 1.807) is 0 Å². The molecule has 1 aromatic rings. The Kier molecular flexibility index (Phi) is 12.3. The number of rotatable bonds is 10. The van der Waals surface area contributed by atoms with Crippen LogP contribution in [0.5, 0.6) is 0 Å². The van der Waals surface area contributed by atoms with Crippen LogP contribution in [-0.2, 0) is 22.1 Å². The molecule has 9 heteroatoms. The number of alkyl carbamates (subject to hydrolysis) is 1. The lowest BCUT2D eigenvalue weighted by Crippen LogP contribution is -2.26. The highest BCUT2D eigenvalue weighted by molar-refractivity contribution is 14.1. The van der Waals surface area contributed by atoms with Crippen LogP contribution in [0.2, 0.25) is 0 Å². The van der Waals surface area contributed by atoms with Crippen molar-refractivity contribution in [1.82, 2.24) is 5.32 Å². The van der Waals surface area contributed by atoms with Crippen LogP contribution in [0.15, 0.2) is 18.2 Å². The zero-order valence-electron chi connectivity index (χ0n) is 16.3. The zero-order valence-corrected chi connectivity index (χ0v) is 19.3. The number of cyclic esters (lactones) is 1. The molecule has 0 aliphatic carbocycles. The van der Waals surface area contributed by atoms with E-state index in [0.717, 1.165) is 12.8 Å². The van der Waals surface area contributed by atoms with Gasteiger partial charge in [0.2, 0.25) is 0 Å². The molecule has 4 N–H and O–H groups in total. The molecule has 1 aromatic carbocycles. The number of halogens is 1. The van der Waals surface area contributed by atoms with Gasteiger partial charge in [-0.15, -0.1) is 0 Å². The lowest BCUT2D eigenvalue weighted by molar-refractivity contribution is 0.176.